The van der Waals surface area contributed by atoms with Gasteiger partial charge in [-0.2, -0.15) is 0 Å². The molecule has 0 spiro atoms. The van der Waals surface area contributed by atoms with E-state index in [9.17, 15) is 15.0 Å². The lowest BCUT2D eigenvalue weighted by atomic mass is 10.0. The maximum Gasteiger partial charge on any atom is 0.220 e. The Morgan fingerprint density at radius 1 is 0.575 bits per heavy atom. The van der Waals surface area contributed by atoms with Crippen molar-refractivity contribution in [1.82, 2.24) is 5.32 Å². The van der Waals surface area contributed by atoms with Crippen molar-refractivity contribution in [3.63, 3.8) is 0 Å². The Morgan fingerprint density at radius 3 is 1.30 bits per heavy atom. The van der Waals surface area contributed by atoms with Gasteiger partial charge in [0, 0.05) is 6.42 Å². The molecule has 3 N–H and O–H groups in total. The molecule has 2 unspecified atom stereocenters. The molecular weight excluding hydrogens is 494 g/mol. The maximum absolute atomic E-state index is 12.1. The molecule has 4 nitrogen and oxygen atoms in total. The zero-order valence-corrected chi connectivity index (χ0v) is 27.1. The van der Waals surface area contributed by atoms with Crippen molar-refractivity contribution in [1.29, 1.82) is 0 Å². The van der Waals surface area contributed by atoms with Crippen molar-refractivity contribution in [3.8, 4) is 0 Å². The van der Waals surface area contributed by atoms with Crippen LogP contribution < -0.4 is 5.32 Å². The van der Waals surface area contributed by atoms with Crippen molar-refractivity contribution >= 4 is 5.91 Å². The Hall–Kier alpha value is -0.870. The molecule has 0 saturated carbocycles. The van der Waals surface area contributed by atoms with Crippen molar-refractivity contribution < 1.29 is 15.0 Å². The van der Waals surface area contributed by atoms with Gasteiger partial charge in [0.25, 0.3) is 0 Å². The standard InChI is InChI=1S/C36H71NO3/c1-3-5-7-9-11-12-13-14-15-16-17-18-19-20-21-22-23-24-25-26-27-29-31-35(39)34(33-38)37-36(40)32-30-28-10-8-6-4-2/h29,31,34-35,38-39H,3-28,30,32-33H2,1-2H3,(H,37,40)/b31-29+. The largest absolute Gasteiger partial charge is 0.394 e. The zero-order chi connectivity index (χ0) is 29.4. The number of nitrogens with one attached hydrogen (secondary N) is 1. The van der Waals surface area contributed by atoms with Gasteiger partial charge >= 0.3 is 0 Å². The summed E-state index contributed by atoms with van der Waals surface area (Å²) >= 11 is 0. The Morgan fingerprint density at radius 2 is 0.925 bits per heavy atom. The molecule has 0 aliphatic rings. The number of allylic oxidation sites excluding steroid dienone is 1. The van der Waals surface area contributed by atoms with Gasteiger partial charge in [0.1, 0.15) is 0 Å². The highest BCUT2D eigenvalue weighted by atomic mass is 16.3. The molecule has 0 aliphatic heterocycles. The van der Waals surface area contributed by atoms with Gasteiger partial charge < -0.3 is 15.5 Å². The summed E-state index contributed by atoms with van der Waals surface area (Å²) in [4.78, 5) is 12.1. The molecule has 1 amide bonds. The first-order valence-corrected chi connectivity index (χ1v) is 17.9. The number of hydrogen-bond donors (Lipinski definition) is 3. The minimum absolute atomic E-state index is 0.0731. The number of unbranched alkanes of at least 4 members (excludes halogenated alkanes) is 25. The highest BCUT2D eigenvalue weighted by Gasteiger charge is 2.17. The number of carbonyl (C=O) groups is 1. The van der Waals surface area contributed by atoms with Crippen LogP contribution in [-0.4, -0.2) is 34.9 Å². The van der Waals surface area contributed by atoms with Gasteiger partial charge in [-0.25, -0.2) is 0 Å². The third-order valence-electron chi connectivity index (χ3n) is 8.27. The molecule has 0 aromatic heterocycles. The lowest BCUT2D eigenvalue weighted by Gasteiger charge is -2.20. The number of carbonyl (C=O) groups excluding carboxylic acids is 1. The topological polar surface area (TPSA) is 69.6 Å². The van der Waals surface area contributed by atoms with E-state index in [1.54, 1.807) is 6.08 Å². The van der Waals surface area contributed by atoms with Crippen LogP contribution in [0, 0.1) is 0 Å². The van der Waals surface area contributed by atoms with E-state index in [1.165, 1.54) is 148 Å². The first-order chi connectivity index (χ1) is 19.7. The molecule has 40 heavy (non-hydrogen) atoms. The van der Waals surface area contributed by atoms with Crippen LogP contribution in [0.25, 0.3) is 0 Å². The number of hydrogen-bond acceptors (Lipinski definition) is 3. The van der Waals surface area contributed by atoms with Crippen LogP contribution in [0.15, 0.2) is 12.2 Å². The van der Waals surface area contributed by atoms with Gasteiger partial charge in [-0.1, -0.05) is 180 Å². The second kappa shape index (κ2) is 32.6. The van der Waals surface area contributed by atoms with E-state index in [-0.39, 0.29) is 12.5 Å². The Labute approximate surface area is 250 Å². The van der Waals surface area contributed by atoms with E-state index in [0.29, 0.717) is 6.42 Å². The molecule has 0 heterocycles. The molecular formula is C36H71NO3. The monoisotopic (exact) mass is 566 g/mol. The predicted molar refractivity (Wildman–Crippen MR) is 175 cm³/mol. The van der Waals surface area contributed by atoms with E-state index in [1.807, 2.05) is 6.08 Å². The molecule has 0 fully saturated rings. The van der Waals surface area contributed by atoms with Crippen molar-refractivity contribution in [2.45, 2.75) is 206 Å². The highest BCUT2D eigenvalue weighted by Crippen LogP contribution is 2.15. The summed E-state index contributed by atoms with van der Waals surface area (Å²) in [7, 11) is 0. The van der Waals surface area contributed by atoms with Crippen LogP contribution in [0.3, 0.4) is 0 Å². The zero-order valence-electron chi connectivity index (χ0n) is 27.1. The number of rotatable bonds is 32. The van der Waals surface area contributed by atoms with Crippen molar-refractivity contribution in [2.75, 3.05) is 6.61 Å². The molecule has 0 rings (SSSR count). The normalized spacial score (nSPS) is 13.2. The van der Waals surface area contributed by atoms with Crippen molar-refractivity contribution in [3.05, 3.63) is 12.2 Å². The first kappa shape index (κ1) is 39.1. The van der Waals surface area contributed by atoms with Crippen LogP contribution in [-0.2, 0) is 4.79 Å². The highest BCUT2D eigenvalue weighted by molar-refractivity contribution is 5.76. The molecule has 0 radical (unpaired) electrons. The van der Waals surface area contributed by atoms with Crippen molar-refractivity contribution in [2.24, 2.45) is 0 Å². The summed E-state index contributed by atoms with van der Waals surface area (Å²) < 4.78 is 0. The predicted octanol–water partition coefficient (Wildman–Crippen LogP) is 10.3. The van der Waals surface area contributed by atoms with E-state index in [0.717, 1.165) is 25.7 Å². The van der Waals surface area contributed by atoms with Crippen LogP contribution in [0.4, 0.5) is 0 Å². The van der Waals surface area contributed by atoms with Gasteiger partial charge in [0.2, 0.25) is 5.91 Å². The fourth-order valence-corrected chi connectivity index (χ4v) is 5.47. The number of amides is 1. The summed E-state index contributed by atoms with van der Waals surface area (Å²) in [5, 5.41) is 22.7. The van der Waals surface area contributed by atoms with Crippen LogP contribution in [0.5, 0.6) is 0 Å². The van der Waals surface area contributed by atoms with Gasteiger partial charge in [-0.3, -0.25) is 4.79 Å². The molecule has 0 aliphatic carbocycles. The summed E-state index contributed by atoms with van der Waals surface area (Å²) in [6, 6.07) is -0.612. The van der Waals surface area contributed by atoms with Gasteiger partial charge in [0.15, 0.2) is 0 Å². The fraction of sp³-hybridized carbons (Fsp3) is 0.917. The van der Waals surface area contributed by atoms with E-state index < -0.39 is 12.1 Å². The summed E-state index contributed by atoms with van der Waals surface area (Å²) in [6.45, 7) is 4.25. The average molecular weight is 566 g/mol. The van der Waals surface area contributed by atoms with Gasteiger partial charge in [0.05, 0.1) is 18.8 Å². The molecule has 4 heteroatoms. The van der Waals surface area contributed by atoms with Gasteiger partial charge in [-0.05, 0) is 19.3 Å². The fourth-order valence-electron chi connectivity index (χ4n) is 5.47. The van der Waals surface area contributed by atoms with E-state index in [2.05, 4.69) is 19.2 Å². The maximum atomic E-state index is 12.1. The summed E-state index contributed by atoms with van der Waals surface area (Å²) in [5.41, 5.74) is 0. The Bertz CT molecular complexity index is 536. The third-order valence-corrected chi connectivity index (χ3v) is 8.27. The van der Waals surface area contributed by atoms with E-state index >= 15 is 0 Å². The smallest absolute Gasteiger partial charge is 0.220 e. The SMILES string of the molecule is CCCCCCCCCCCCCCCCCCCCCC/C=C/C(O)C(CO)NC(=O)CCCCCCCC. The van der Waals surface area contributed by atoms with Crippen LogP contribution in [0.1, 0.15) is 194 Å². The molecule has 2 atom stereocenters. The molecule has 238 valence electrons. The molecule has 0 aromatic rings. The second-order valence-corrected chi connectivity index (χ2v) is 12.3. The Balaban J connectivity index is 3.48. The molecule has 0 bridgehead atoms. The van der Waals surface area contributed by atoms with E-state index in [4.69, 9.17) is 0 Å². The number of aliphatic hydroxyl groups excluding tert-OH is 2. The quantitative estimate of drug-likeness (QED) is 0.0561. The molecule has 0 saturated heterocycles. The molecule has 0 aromatic carbocycles. The summed E-state index contributed by atoms with van der Waals surface area (Å²) in [5.74, 6) is -0.0731. The number of aliphatic hydroxyl groups is 2. The third kappa shape index (κ3) is 28.7. The lowest BCUT2D eigenvalue weighted by Crippen LogP contribution is -2.45. The Kier molecular flexibility index (Phi) is 31.9. The van der Waals surface area contributed by atoms with Gasteiger partial charge in [-0.15, -0.1) is 0 Å². The van der Waals surface area contributed by atoms with Crippen LogP contribution in [0.2, 0.25) is 0 Å². The first-order valence-electron chi connectivity index (χ1n) is 17.9. The lowest BCUT2D eigenvalue weighted by molar-refractivity contribution is -0.123. The average Bonchev–Trinajstić information content (AvgIpc) is 2.96. The van der Waals surface area contributed by atoms with Crippen LogP contribution >= 0.6 is 0 Å². The minimum atomic E-state index is -0.830. The minimum Gasteiger partial charge on any atom is -0.394 e. The second-order valence-electron chi connectivity index (χ2n) is 12.3. The summed E-state index contributed by atoms with van der Waals surface area (Å²) in [6.07, 6.45) is 38.9.